The highest BCUT2D eigenvalue weighted by Crippen LogP contribution is 2.32. The molecule has 0 heterocycles. The van der Waals surface area contributed by atoms with Gasteiger partial charge in [0.2, 0.25) is 0 Å². The van der Waals surface area contributed by atoms with Gasteiger partial charge in [-0.05, 0) is 48.5 Å². The smallest absolute Gasteiger partial charge is 0.0909 e. The van der Waals surface area contributed by atoms with E-state index in [1.807, 2.05) is 0 Å². The molecule has 0 bridgehead atoms. The molecule has 0 aromatic rings. The van der Waals surface area contributed by atoms with Crippen LogP contribution in [0.25, 0.3) is 0 Å². The molecule has 12 heavy (non-hydrogen) atoms. The molecule has 0 aliphatic heterocycles. The van der Waals surface area contributed by atoms with Crippen molar-refractivity contribution in [2.75, 3.05) is 13.6 Å². The van der Waals surface area contributed by atoms with E-state index in [1.54, 1.807) is 0 Å². The van der Waals surface area contributed by atoms with Gasteiger partial charge >= 0.3 is 0 Å². The Hall–Kier alpha value is -0.0400. The first-order valence-electron chi connectivity index (χ1n) is 4.92. The van der Waals surface area contributed by atoms with E-state index in [1.165, 1.54) is 6.54 Å². The average Bonchev–Trinajstić information content (AvgIpc) is 1.81. The van der Waals surface area contributed by atoms with Crippen LogP contribution in [0.2, 0.25) is 0 Å². The first kappa shape index (κ1) is 12.0. The number of quaternary nitrogens is 1. The van der Waals surface area contributed by atoms with Gasteiger partial charge in [-0.25, -0.2) is 0 Å². The fourth-order valence-electron chi connectivity index (χ4n) is 1.95. The van der Waals surface area contributed by atoms with Crippen LogP contribution in [0.4, 0.5) is 0 Å². The molecule has 0 saturated heterocycles. The van der Waals surface area contributed by atoms with Gasteiger partial charge in [0.05, 0.1) is 24.7 Å². The molecule has 0 amide bonds. The third-order valence-corrected chi connectivity index (χ3v) is 3.59. The first-order valence-corrected chi connectivity index (χ1v) is 4.92. The van der Waals surface area contributed by atoms with E-state index in [0.29, 0.717) is 11.1 Å². The second-order valence-corrected chi connectivity index (χ2v) is 5.85. The van der Waals surface area contributed by atoms with E-state index in [0.717, 1.165) is 4.48 Å². The third-order valence-electron chi connectivity index (χ3n) is 3.59. The molecule has 0 fully saturated rings. The molecule has 0 aromatic heterocycles. The largest absolute Gasteiger partial charge is 0.318 e. The normalized spacial score (nSPS) is 15.0. The van der Waals surface area contributed by atoms with E-state index >= 15 is 0 Å². The van der Waals surface area contributed by atoms with Crippen molar-refractivity contribution in [2.24, 2.45) is 0 Å². The van der Waals surface area contributed by atoms with Gasteiger partial charge < -0.3 is 4.48 Å². The average molecular weight is 172 g/mol. The van der Waals surface area contributed by atoms with Crippen molar-refractivity contribution in [3.05, 3.63) is 0 Å². The minimum atomic E-state index is 0.326. The Morgan fingerprint density at radius 1 is 0.833 bits per heavy atom. The fraction of sp³-hybridized carbons (Fsp3) is 1.00. The van der Waals surface area contributed by atoms with Gasteiger partial charge in [-0.3, -0.25) is 0 Å². The van der Waals surface area contributed by atoms with Crippen molar-refractivity contribution < 1.29 is 4.48 Å². The maximum Gasteiger partial charge on any atom is 0.0909 e. The molecule has 0 aliphatic carbocycles. The van der Waals surface area contributed by atoms with Gasteiger partial charge in [0, 0.05) is 0 Å². The van der Waals surface area contributed by atoms with E-state index in [9.17, 15) is 0 Å². The molecule has 74 valence electrons. The molecule has 0 aromatic carbocycles. The predicted molar refractivity (Wildman–Crippen MR) is 56.2 cm³/mol. The lowest BCUT2D eigenvalue weighted by Gasteiger charge is -2.54. The van der Waals surface area contributed by atoms with Crippen LogP contribution in [-0.2, 0) is 0 Å². The quantitative estimate of drug-likeness (QED) is 0.533. The van der Waals surface area contributed by atoms with Gasteiger partial charge in [-0.2, -0.15) is 0 Å². The maximum atomic E-state index is 2.35. The molecule has 0 radical (unpaired) electrons. The second kappa shape index (κ2) is 3.02. The summed E-state index contributed by atoms with van der Waals surface area (Å²) in [7, 11) is 2.35. The Kier molecular flexibility index (Phi) is 3.01. The lowest BCUT2D eigenvalue weighted by atomic mass is 9.92. The van der Waals surface area contributed by atoms with Crippen LogP contribution in [0.15, 0.2) is 0 Å². The topological polar surface area (TPSA) is 0 Å². The van der Waals surface area contributed by atoms with Crippen LogP contribution in [-0.4, -0.2) is 29.2 Å². The van der Waals surface area contributed by atoms with E-state index in [4.69, 9.17) is 0 Å². The van der Waals surface area contributed by atoms with Crippen molar-refractivity contribution in [3.8, 4) is 0 Å². The number of hydrogen-bond donors (Lipinski definition) is 0. The Morgan fingerprint density at radius 2 is 1.08 bits per heavy atom. The summed E-state index contributed by atoms with van der Waals surface area (Å²) in [6.07, 6.45) is 0. The van der Waals surface area contributed by atoms with Crippen molar-refractivity contribution in [3.63, 3.8) is 0 Å². The zero-order valence-corrected chi connectivity index (χ0v) is 10.2. The summed E-state index contributed by atoms with van der Waals surface area (Å²) in [6, 6.07) is 0. The third kappa shape index (κ3) is 1.82. The predicted octanol–water partition coefficient (Wildman–Crippen LogP) is 3.05. The highest BCUT2D eigenvalue weighted by molar-refractivity contribution is 4.71. The van der Waals surface area contributed by atoms with Crippen LogP contribution >= 0.6 is 0 Å². The molecule has 0 rings (SSSR count). The van der Waals surface area contributed by atoms with Gasteiger partial charge in [0.25, 0.3) is 0 Å². The van der Waals surface area contributed by atoms with Crippen LogP contribution in [0.3, 0.4) is 0 Å². The van der Waals surface area contributed by atoms with Crippen LogP contribution in [0, 0.1) is 0 Å². The number of rotatable bonds is 1. The highest BCUT2D eigenvalue weighted by Gasteiger charge is 2.43. The SMILES string of the molecule is CC[N+](C)(C(C)(C)C)C(C)(C)C. The molecule has 1 nitrogen and oxygen atoms in total. The van der Waals surface area contributed by atoms with Gasteiger partial charge in [-0.15, -0.1) is 0 Å². The standard InChI is InChI=1S/C11H26N/c1-9-12(8,10(2,3)4)11(5,6)7/h9H2,1-8H3/q+1. The molecule has 0 N–H and O–H groups in total. The summed E-state index contributed by atoms with van der Waals surface area (Å²) in [5.74, 6) is 0. The summed E-state index contributed by atoms with van der Waals surface area (Å²) in [6.45, 7) is 17.4. The van der Waals surface area contributed by atoms with Gasteiger partial charge in [-0.1, -0.05) is 0 Å². The van der Waals surface area contributed by atoms with E-state index in [2.05, 4.69) is 55.5 Å². The zero-order chi connectivity index (χ0) is 10.2. The van der Waals surface area contributed by atoms with E-state index < -0.39 is 0 Å². The molecule has 0 unspecified atom stereocenters. The highest BCUT2D eigenvalue weighted by atomic mass is 15.4. The molecule has 1 heteroatoms. The Bertz CT molecular complexity index is 131. The minimum absolute atomic E-state index is 0.326. The van der Waals surface area contributed by atoms with Crippen LogP contribution < -0.4 is 0 Å². The number of nitrogens with zero attached hydrogens (tertiary/aromatic N) is 1. The number of hydrogen-bond acceptors (Lipinski definition) is 0. The summed E-state index contributed by atoms with van der Waals surface area (Å²) < 4.78 is 1.11. The van der Waals surface area contributed by atoms with Crippen LogP contribution in [0.1, 0.15) is 48.5 Å². The lowest BCUT2D eigenvalue weighted by Crippen LogP contribution is -2.66. The van der Waals surface area contributed by atoms with Gasteiger partial charge in [0.1, 0.15) is 0 Å². The van der Waals surface area contributed by atoms with E-state index in [-0.39, 0.29) is 0 Å². The minimum Gasteiger partial charge on any atom is -0.318 e. The summed E-state index contributed by atoms with van der Waals surface area (Å²) in [5.41, 5.74) is 0.653. The Morgan fingerprint density at radius 3 is 1.08 bits per heavy atom. The molecule has 0 aliphatic rings. The van der Waals surface area contributed by atoms with Crippen molar-refractivity contribution in [1.29, 1.82) is 0 Å². The molecular formula is C11H26N+. The second-order valence-electron chi connectivity index (χ2n) is 5.85. The Balaban J connectivity index is 4.95. The maximum absolute atomic E-state index is 2.35. The molecule has 0 spiro atoms. The molecule has 0 saturated carbocycles. The summed E-state index contributed by atoms with van der Waals surface area (Å²) >= 11 is 0. The van der Waals surface area contributed by atoms with Crippen molar-refractivity contribution in [1.82, 2.24) is 0 Å². The van der Waals surface area contributed by atoms with Gasteiger partial charge in [0.15, 0.2) is 0 Å². The Labute approximate surface area is 78.4 Å². The summed E-state index contributed by atoms with van der Waals surface area (Å²) in [4.78, 5) is 0. The monoisotopic (exact) mass is 172 g/mol. The van der Waals surface area contributed by atoms with Crippen LogP contribution in [0.5, 0.6) is 0 Å². The summed E-state index contributed by atoms with van der Waals surface area (Å²) in [5, 5.41) is 0. The zero-order valence-electron chi connectivity index (χ0n) is 10.2. The van der Waals surface area contributed by atoms with Crippen molar-refractivity contribution in [2.45, 2.75) is 59.5 Å². The lowest BCUT2D eigenvalue weighted by molar-refractivity contribution is -0.992. The molecule has 0 atom stereocenters. The van der Waals surface area contributed by atoms with Crippen molar-refractivity contribution >= 4 is 0 Å². The fourth-order valence-corrected chi connectivity index (χ4v) is 1.95. The first-order chi connectivity index (χ1) is 5.06. The molecular weight excluding hydrogens is 146 g/mol.